The van der Waals surface area contributed by atoms with Gasteiger partial charge in [0, 0.05) is 11.4 Å². The van der Waals surface area contributed by atoms with Crippen molar-refractivity contribution in [3.8, 4) is 17.6 Å². The van der Waals surface area contributed by atoms with E-state index in [0.717, 1.165) is 17.4 Å². The summed E-state index contributed by atoms with van der Waals surface area (Å²) in [6.07, 6.45) is -4.68. The van der Waals surface area contributed by atoms with E-state index in [1.54, 1.807) is 0 Å². The van der Waals surface area contributed by atoms with Crippen LogP contribution in [0.3, 0.4) is 0 Å². The fraction of sp³-hybridized carbons (Fsp3) is 0.0769. The summed E-state index contributed by atoms with van der Waals surface area (Å²) in [6, 6.07) is 5.59. The van der Waals surface area contributed by atoms with Crippen LogP contribution < -0.4 is 4.74 Å². The Morgan fingerprint density at radius 3 is 2.52 bits per heavy atom. The van der Waals surface area contributed by atoms with E-state index in [4.69, 9.17) is 15.1 Å². The Labute approximate surface area is 120 Å². The van der Waals surface area contributed by atoms with Crippen LogP contribution in [-0.4, -0.2) is 11.1 Å². The third kappa shape index (κ3) is 3.32. The van der Waals surface area contributed by atoms with Gasteiger partial charge >= 0.3 is 12.1 Å². The standard InChI is InChI=1S/C13H6F3NO3S/c14-13(15,16)10-3-8(2-1-7(10)5-17)20-9-4-11(12(18)19)21-6-9/h1-4,6H,(H,18,19). The zero-order chi connectivity index (χ0) is 15.6. The molecule has 1 N–H and O–H groups in total. The number of carboxylic acid groups (broad SMARTS) is 1. The molecule has 0 aliphatic carbocycles. The molecule has 108 valence electrons. The predicted octanol–water partition coefficient (Wildman–Crippen LogP) is 4.13. The second-order valence-corrected chi connectivity index (χ2v) is 4.78. The summed E-state index contributed by atoms with van der Waals surface area (Å²) in [4.78, 5) is 10.7. The first-order valence-electron chi connectivity index (χ1n) is 5.42. The molecule has 0 fully saturated rings. The maximum atomic E-state index is 12.8. The van der Waals surface area contributed by atoms with Crippen molar-refractivity contribution in [2.45, 2.75) is 6.18 Å². The van der Waals surface area contributed by atoms with Crippen LogP contribution in [0.2, 0.25) is 0 Å². The average Bonchev–Trinajstić information content (AvgIpc) is 2.86. The Balaban J connectivity index is 2.33. The molecule has 0 aliphatic rings. The third-order valence-electron chi connectivity index (χ3n) is 2.44. The lowest BCUT2D eigenvalue weighted by Gasteiger charge is -2.10. The van der Waals surface area contributed by atoms with E-state index in [2.05, 4.69) is 0 Å². The Bertz CT molecular complexity index is 731. The first-order valence-corrected chi connectivity index (χ1v) is 6.30. The van der Waals surface area contributed by atoms with Crippen LogP contribution in [0.5, 0.6) is 11.5 Å². The second kappa shape index (κ2) is 5.46. The van der Waals surface area contributed by atoms with Gasteiger partial charge in [-0.25, -0.2) is 4.79 Å². The van der Waals surface area contributed by atoms with Gasteiger partial charge in [0.05, 0.1) is 17.2 Å². The summed E-state index contributed by atoms with van der Waals surface area (Å²) < 4.78 is 43.5. The maximum absolute atomic E-state index is 12.8. The normalized spacial score (nSPS) is 11.0. The smallest absolute Gasteiger partial charge is 0.417 e. The number of halogens is 3. The molecule has 1 aromatic carbocycles. The first-order chi connectivity index (χ1) is 9.81. The molecule has 0 radical (unpaired) electrons. The highest BCUT2D eigenvalue weighted by molar-refractivity contribution is 7.12. The van der Waals surface area contributed by atoms with Crippen molar-refractivity contribution >= 4 is 17.3 Å². The molecule has 8 heteroatoms. The van der Waals surface area contributed by atoms with Gasteiger partial charge in [-0.2, -0.15) is 18.4 Å². The molecule has 1 aromatic heterocycles. The number of nitrogens with zero attached hydrogens (tertiary/aromatic N) is 1. The van der Waals surface area contributed by atoms with Crippen LogP contribution in [0.25, 0.3) is 0 Å². The van der Waals surface area contributed by atoms with Crippen LogP contribution in [-0.2, 0) is 6.18 Å². The van der Waals surface area contributed by atoms with Crippen molar-refractivity contribution in [3.63, 3.8) is 0 Å². The molecule has 2 aromatic rings. The zero-order valence-electron chi connectivity index (χ0n) is 10.1. The largest absolute Gasteiger partial charge is 0.477 e. The summed E-state index contributed by atoms with van der Waals surface area (Å²) in [6.45, 7) is 0. The van der Waals surface area contributed by atoms with Crippen molar-refractivity contribution < 1.29 is 27.8 Å². The van der Waals surface area contributed by atoms with Crippen LogP contribution in [0.4, 0.5) is 13.2 Å². The minimum atomic E-state index is -4.68. The summed E-state index contributed by atoms with van der Waals surface area (Å²) in [5.74, 6) is -1.16. The number of carbonyl (C=O) groups is 1. The molecule has 0 saturated carbocycles. The number of alkyl halides is 3. The van der Waals surface area contributed by atoms with Crippen LogP contribution in [0.15, 0.2) is 29.6 Å². The average molecular weight is 313 g/mol. The molecule has 0 aliphatic heterocycles. The number of aromatic carboxylic acids is 1. The molecule has 0 spiro atoms. The second-order valence-electron chi connectivity index (χ2n) is 3.87. The van der Waals surface area contributed by atoms with Crippen molar-refractivity contribution in [1.29, 1.82) is 5.26 Å². The fourth-order valence-corrected chi connectivity index (χ4v) is 2.18. The first kappa shape index (κ1) is 14.9. The number of carboxylic acids is 1. The summed E-state index contributed by atoms with van der Waals surface area (Å²) in [5.41, 5.74) is -1.61. The number of rotatable bonds is 3. The van der Waals surface area contributed by atoms with E-state index in [0.29, 0.717) is 6.07 Å². The van der Waals surface area contributed by atoms with E-state index in [1.165, 1.54) is 23.6 Å². The van der Waals surface area contributed by atoms with Crippen LogP contribution >= 0.6 is 11.3 Å². The number of hydrogen-bond acceptors (Lipinski definition) is 4. The van der Waals surface area contributed by atoms with E-state index >= 15 is 0 Å². The number of hydrogen-bond donors (Lipinski definition) is 1. The number of ether oxygens (including phenoxy) is 1. The van der Waals surface area contributed by atoms with Crippen molar-refractivity contribution in [1.82, 2.24) is 0 Å². The van der Waals surface area contributed by atoms with E-state index in [9.17, 15) is 18.0 Å². The minimum Gasteiger partial charge on any atom is -0.477 e. The monoisotopic (exact) mass is 313 g/mol. The van der Waals surface area contributed by atoms with Crippen molar-refractivity contribution in [2.24, 2.45) is 0 Å². The van der Waals surface area contributed by atoms with E-state index in [-0.39, 0.29) is 16.4 Å². The molecule has 0 atom stereocenters. The van der Waals surface area contributed by atoms with Gasteiger partial charge in [-0.3, -0.25) is 0 Å². The Morgan fingerprint density at radius 2 is 2.00 bits per heavy atom. The highest BCUT2D eigenvalue weighted by Gasteiger charge is 2.34. The van der Waals surface area contributed by atoms with Gasteiger partial charge in [0.25, 0.3) is 0 Å². The SMILES string of the molecule is N#Cc1ccc(Oc2csc(C(=O)O)c2)cc1C(F)(F)F. The molecule has 0 amide bonds. The molecule has 1 heterocycles. The Hall–Kier alpha value is -2.53. The van der Waals surface area contributed by atoms with E-state index < -0.39 is 23.3 Å². The van der Waals surface area contributed by atoms with Gasteiger partial charge in [-0.15, -0.1) is 11.3 Å². The van der Waals surface area contributed by atoms with Crippen LogP contribution in [0, 0.1) is 11.3 Å². The van der Waals surface area contributed by atoms with Crippen molar-refractivity contribution in [2.75, 3.05) is 0 Å². The fourth-order valence-electron chi connectivity index (χ4n) is 1.54. The summed E-state index contributed by atoms with van der Waals surface area (Å²) in [7, 11) is 0. The quantitative estimate of drug-likeness (QED) is 0.925. The molecule has 0 unspecified atom stereocenters. The summed E-state index contributed by atoms with van der Waals surface area (Å²) in [5, 5.41) is 18.8. The topological polar surface area (TPSA) is 70.3 Å². The van der Waals surface area contributed by atoms with Gasteiger partial charge < -0.3 is 9.84 Å². The van der Waals surface area contributed by atoms with Gasteiger partial charge in [0.2, 0.25) is 0 Å². The Morgan fingerprint density at radius 1 is 1.29 bits per heavy atom. The summed E-state index contributed by atoms with van der Waals surface area (Å²) >= 11 is 0.895. The molecular weight excluding hydrogens is 307 g/mol. The molecule has 0 saturated heterocycles. The lowest BCUT2D eigenvalue weighted by atomic mass is 10.1. The lowest BCUT2D eigenvalue weighted by molar-refractivity contribution is -0.137. The molecular formula is C13H6F3NO3S. The molecule has 0 bridgehead atoms. The lowest BCUT2D eigenvalue weighted by Crippen LogP contribution is -2.07. The zero-order valence-corrected chi connectivity index (χ0v) is 11.0. The number of benzene rings is 1. The molecule has 2 rings (SSSR count). The van der Waals surface area contributed by atoms with Crippen LogP contribution in [0.1, 0.15) is 20.8 Å². The third-order valence-corrected chi connectivity index (χ3v) is 3.34. The highest BCUT2D eigenvalue weighted by atomic mass is 32.1. The number of nitriles is 1. The minimum absolute atomic E-state index is 0.00897. The predicted molar refractivity (Wildman–Crippen MR) is 67.5 cm³/mol. The van der Waals surface area contributed by atoms with Crippen molar-refractivity contribution in [3.05, 3.63) is 45.6 Å². The van der Waals surface area contributed by atoms with Gasteiger partial charge in [-0.1, -0.05) is 0 Å². The Kier molecular flexibility index (Phi) is 3.86. The van der Waals surface area contributed by atoms with Gasteiger partial charge in [0.1, 0.15) is 16.4 Å². The maximum Gasteiger partial charge on any atom is 0.417 e. The highest BCUT2D eigenvalue weighted by Crippen LogP contribution is 2.35. The molecule has 21 heavy (non-hydrogen) atoms. The van der Waals surface area contributed by atoms with Gasteiger partial charge in [0.15, 0.2) is 0 Å². The molecule has 4 nitrogen and oxygen atoms in total. The van der Waals surface area contributed by atoms with Gasteiger partial charge in [-0.05, 0) is 18.2 Å². The number of thiophene rings is 1. The van der Waals surface area contributed by atoms with E-state index in [1.807, 2.05) is 0 Å².